The Balaban J connectivity index is 2.18. The molecule has 0 saturated heterocycles. The molecular weight excluding hydrogens is 299 g/mol. The van der Waals surface area contributed by atoms with Crippen LogP contribution in [0.3, 0.4) is 0 Å². The zero-order chi connectivity index (χ0) is 15.5. The van der Waals surface area contributed by atoms with E-state index >= 15 is 0 Å². The Morgan fingerprint density at radius 3 is 1.82 bits per heavy atom. The van der Waals surface area contributed by atoms with Gasteiger partial charge in [-0.15, -0.1) is 0 Å². The predicted molar refractivity (Wildman–Crippen MR) is 87.6 cm³/mol. The second-order valence-corrected chi connectivity index (χ2v) is 7.09. The van der Waals surface area contributed by atoms with E-state index in [-0.39, 0.29) is 11.6 Å². The minimum atomic E-state index is -1.09. The fraction of sp³-hybridized carbons (Fsp3) is 0.0556. The minimum absolute atomic E-state index is 0.297. The summed E-state index contributed by atoms with van der Waals surface area (Å²) in [7, 11) is -1.09. The zero-order valence-electron chi connectivity index (χ0n) is 12.0. The molecule has 2 aromatic carbocycles. The van der Waals surface area contributed by atoms with Crippen molar-refractivity contribution in [3.63, 3.8) is 0 Å². The zero-order valence-corrected chi connectivity index (χ0v) is 12.9. The smallest absolute Gasteiger partial charge is 0.123 e. The fourth-order valence-electron chi connectivity index (χ4n) is 2.30. The molecule has 0 aliphatic heterocycles. The molecule has 0 fully saturated rings. The van der Waals surface area contributed by atoms with Crippen molar-refractivity contribution in [2.24, 2.45) is 0 Å². The molecule has 0 saturated carbocycles. The molecule has 0 spiro atoms. The number of nitrogens with zero attached hydrogens (tertiary/aromatic N) is 1. The van der Waals surface area contributed by atoms with E-state index in [4.69, 9.17) is 0 Å². The third-order valence-electron chi connectivity index (χ3n) is 3.24. The highest BCUT2D eigenvalue weighted by Gasteiger charge is 2.19. The summed E-state index contributed by atoms with van der Waals surface area (Å²) in [6.07, 6.45) is 0. The number of hydrogen-bond acceptors (Lipinski definition) is 1. The molecule has 3 rings (SSSR count). The van der Waals surface area contributed by atoms with E-state index in [1.165, 1.54) is 24.3 Å². The van der Waals surface area contributed by atoms with Crippen molar-refractivity contribution >= 4 is 24.0 Å². The van der Waals surface area contributed by atoms with Gasteiger partial charge < -0.3 is 0 Å². The van der Waals surface area contributed by atoms with Crippen LogP contribution in [0.2, 0.25) is 0 Å². The van der Waals surface area contributed by atoms with E-state index in [9.17, 15) is 8.78 Å². The molecule has 3 aromatic rings. The maximum atomic E-state index is 13.6. The Morgan fingerprint density at radius 2 is 1.32 bits per heavy atom. The lowest BCUT2D eigenvalue weighted by Gasteiger charge is -2.18. The highest BCUT2D eigenvalue weighted by atomic mass is 31.1. The third kappa shape index (κ3) is 3.20. The summed E-state index contributed by atoms with van der Waals surface area (Å²) in [6, 6.07) is 18.6. The lowest BCUT2D eigenvalue weighted by molar-refractivity contribution is 0.629. The SMILES string of the molecule is Cc1cccc(P(c2cccc(F)c2)c2cccc(F)c2)n1. The topological polar surface area (TPSA) is 12.9 Å². The molecule has 4 heteroatoms. The van der Waals surface area contributed by atoms with Crippen LogP contribution in [0.25, 0.3) is 0 Å². The number of pyridine rings is 1. The first-order valence-electron chi connectivity index (χ1n) is 6.88. The molecule has 0 atom stereocenters. The predicted octanol–water partition coefficient (Wildman–Crippen LogP) is 3.43. The van der Waals surface area contributed by atoms with Gasteiger partial charge in [-0.05, 0) is 53.9 Å². The average molecular weight is 313 g/mol. The van der Waals surface area contributed by atoms with Crippen LogP contribution in [0.1, 0.15) is 5.69 Å². The standard InChI is InChI=1S/C18H14F2NP/c1-13-5-2-10-18(21-13)22(16-8-3-6-14(19)11-16)17-9-4-7-15(20)12-17/h2-12H,1H3. The first kappa shape index (κ1) is 14.8. The van der Waals surface area contributed by atoms with Gasteiger partial charge in [-0.25, -0.2) is 8.78 Å². The summed E-state index contributed by atoms with van der Waals surface area (Å²) in [4.78, 5) is 4.57. The van der Waals surface area contributed by atoms with Crippen molar-refractivity contribution < 1.29 is 8.78 Å². The van der Waals surface area contributed by atoms with Crippen molar-refractivity contribution in [1.29, 1.82) is 0 Å². The highest BCUT2D eigenvalue weighted by Crippen LogP contribution is 2.32. The monoisotopic (exact) mass is 313 g/mol. The average Bonchev–Trinajstić information content (AvgIpc) is 2.48. The first-order valence-corrected chi connectivity index (χ1v) is 8.22. The first-order chi connectivity index (χ1) is 10.6. The van der Waals surface area contributed by atoms with Crippen LogP contribution in [0.4, 0.5) is 8.78 Å². The van der Waals surface area contributed by atoms with Gasteiger partial charge in [-0.2, -0.15) is 0 Å². The summed E-state index contributed by atoms with van der Waals surface area (Å²) in [5, 5.41) is 1.64. The van der Waals surface area contributed by atoms with Crippen LogP contribution < -0.4 is 16.0 Å². The number of aryl methyl sites for hydroxylation is 1. The molecule has 1 heterocycles. The second-order valence-electron chi connectivity index (χ2n) is 4.93. The van der Waals surface area contributed by atoms with Crippen molar-refractivity contribution in [1.82, 2.24) is 4.98 Å². The summed E-state index contributed by atoms with van der Waals surface area (Å²) < 4.78 is 27.3. The second kappa shape index (κ2) is 6.33. The van der Waals surface area contributed by atoms with Crippen molar-refractivity contribution in [2.75, 3.05) is 0 Å². The summed E-state index contributed by atoms with van der Waals surface area (Å²) >= 11 is 0. The van der Waals surface area contributed by atoms with Crippen LogP contribution in [-0.4, -0.2) is 4.98 Å². The Labute approximate surface area is 129 Å². The molecule has 1 aromatic heterocycles. The van der Waals surface area contributed by atoms with Gasteiger partial charge in [0.05, 0.1) is 5.44 Å². The normalized spacial score (nSPS) is 10.9. The lowest BCUT2D eigenvalue weighted by Crippen LogP contribution is -2.23. The molecule has 110 valence electrons. The molecule has 0 bridgehead atoms. The number of aromatic nitrogens is 1. The Morgan fingerprint density at radius 1 is 0.773 bits per heavy atom. The van der Waals surface area contributed by atoms with Crippen LogP contribution in [-0.2, 0) is 0 Å². The van der Waals surface area contributed by atoms with E-state index in [2.05, 4.69) is 4.98 Å². The Bertz CT molecular complexity index is 696. The molecule has 1 nitrogen and oxygen atoms in total. The van der Waals surface area contributed by atoms with Crippen LogP contribution >= 0.6 is 7.92 Å². The molecule has 0 aliphatic rings. The van der Waals surface area contributed by atoms with Crippen LogP contribution in [0.15, 0.2) is 66.7 Å². The van der Waals surface area contributed by atoms with Crippen LogP contribution in [0.5, 0.6) is 0 Å². The summed E-state index contributed by atoms with van der Waals surface area (Å²) in [5.74, 6) is -0.594. The molecule has 0 amide bonds. The number of rotatable bonds is 3. The summed E-state index contributed by atoms with van der Waals surface area (Å²) in [5.41, 5.74) is 1.73. The molecule has 0 unspecified atom stereocenters. The van der Waals surface area contributed by atoms with E-state index in [1.54, 1.807) is 12.1 Å². The van der Waals surface area contributed by atoms with Gasteiger partial charge in [0.25, 0.3) is 0 Å². The van der Waals surface area contributed by atoms with E-state index in [0.29, 0.717) is 0 Å². The van der Waals surface area contributed by atoms with Gasteiger partial charge in [0.2, 0.25) is 0 Å². The van der Waals surface area contributed by atoms with Gasteiger partial charge in [0.15, 0.2) is 0 Å². The van der Waals surface area contributed by atoms with Gasteiger partial charge >= 0.3 is 0 Å². The molecule has 0 radical (unpaired) electrons. The quantitative estimate of drug-likeness (QED) is 0.675. The third-order valence-corrected chi connectivity index (χ3v) is 5.53. The van der Waals surface area contributed by atoms with Gasteiger partial charge in [-0.3, -0.25) is 4.98 Å². The van der Waals surface area contributed by atoms with Gasteiger partial charge in [0.1, 0.15) is 11.6 Å². The van der Waals surface area contributed by atoms with E-state index in [0.717, 1.165) is 21.7 Å². The Kier molecular flexibility index (Phi) is 4.26. The lowest BCUT2D eigenvalue weighted by atomic mass is 10.3. The molecule has 0 aliphatic carbocycles. The fourth-order valence-corrected chi connectivity index (χ4v) is 4.59. The highest BCUT2D eigenvalue weighted by molar-refractivity contribution is 7.79. The Hall–Kier alpha value is -2.12. The van der Waals surface area contributed by atoms with Crippen molar-refractivity contribution in [2.45, 2.75) is 6.92 Å². The van der Waals surface area contributed by atoms with E-state index in [1.807, 2.05) is 37.3 Å². The maximum Gasteiger partial charge on any atom is 0.123 e. The van der Waals surface area contributed by atoms with Gasteiger partial charge in [-0.1, -0.05) is 30.3 Å². The van der Waals surface area contributed by atoms with Gasteiger partial charge in [0, 0.05) is 13.6 Å². The largest absolute Gasteiger partial charge is 0.253 e. The molecule has 0 N–H and O–H groups in total. The number of benzene rings is 2. The van der Waals surface area contributed by atoms with Crippen LogP contribution in [0, 0.1) is 18.6 Å². The van der Waals surface area contributed by atoms with Crippen molar-refractivity contribution in [3.8, 4) is 0 Å². The number of hydrogen-bond donors (Lipinski definition) is 0. The minimum Gasteiger partial charge on any atom is -0.253 e. The molecular formula is C18H14F2NP. The molecule has 22 heavy (non-hydrogen) atoms. The summed E-state index contributed by atoms with van der Waals surface area (Å²) in [6.45, 7) is 1.91. The maximum absolute atomic E-state index is 13.6. The number of halogens is 2. The van der Waals surface area contributed by atoms with Crippen molar-refractivity contribution in [3.05, 3.63) is 84.1 Å². The van der Waals surface area contributed by atoms with E-state index < -0.39 is 7.92 Å².